The monoisotopic (exact) mass is 267 g/mol. The quantitative estimate of drug-likeness (QED) is 0.575. The van der Waals surface area contributed by atoms with Gasteiger partial charge in [-0.3, -0.25) is 0 Å². The highest BCUT2D eigenvalue weighted by Gasteiger charge is 2.16. The molecule has 1 N–H and O–H groups in total. The molecule has 4 rings (SSSR count). The summed E-state index contributed by atoms with van der Waals surface area (Å²) >= 11 is 0. The molecule has 0 radical (unpaired) electrons. The summed E-state index contributed by atoms with van der Waals surface area (Å²) in [4.78, 5) is 12.4. The third kappa shape index (κ3) is 1.48. The lowest BCUT2D eigenvalue weighted by Crippen LogP contribution is -1.98. The molecule has 0 atom stereocenters. The van der Waals surface area contributed by atoms with E-state index >= 15 is 0 Å². The summed E-state index contributed by atoms with van der Waals surface area (Å²) in [5.41, 5.74) is 2.63. The number of nitrogens with one attached hydrogen (secondary N) is 1. The molecule has 0 fully saturated rings. The molecule has 0 aliphatic rings. The van der Waals surface area contributed by atoms with Crippen LogP contribution in [0.15, 0.2) is 22.6 Å². The number of hydrogen-bond acceptors (Lipinski definition) is 4. The summed E-state index contributed by atoms with van der Waals surface area (Å²) in [5.74, 6) is 2.90. The smallest absolute Gasteiger partial charge is 0.201 e. The van der Waals surface area contributed by atoms with Gasteiger partial charge in [-0.1, -0.05) is 0 Å². The maximum atomic E-state index is 5.68. The highest BCUT2D eigenvalue weighted by molar-refractivity contribution is 5.91. The van der Waals surface area contributed by atoms with Crippen molar-refractivity contribution in [2.45, 2.75) is 20.8 Å². The fraction of sp³-hybridized carbons (Fsp3) is 0.214. The Morgan fingerprint density at radius 1 is 1.15 bits per heavy atom. The molecule has 6 heteroatoms. The Morgan fingerprint density at radius 2 is 2.00 bits per heavy atom. The van der Waals surface area contributed by atoms with E-state index in [0.717, 1.165) is 28.1 Å². The molecule has 6 nitrogen and oxygen atoms in total. The van der Waals surface area contributed by atoms with Gasteiger partial charge < -0.3 is 9.40 Å². The van der Waals surface area contributed by atoms with Crippen molar-refractivity contribution in [3.8, 4) is 11.6 Å². The minimum absolute atomic E-state index is 0.656. The summed E-state index contributed by atoms with van der Waals surface area (Å²) in [6.45, 7) is 5.78. The second-order valence-corrected chi connectivity index (χ2v) is 4.95. The molecule has 4 aromatic rings. The fourth-order valence-corrected chi connectivity index (χ4v) is 2.44. The first-order chi connectivity index (χ1) is 9.61. The predicted octanol–water partition coefficient (Wildman–Crippen LogP) is 2.79. The Bertz CT molecular complexity index is 943. The first-order valence-electron chi connectivity index (χ1n) is 6.41. The third-order valence-electron chi connectivity index (χ3n) is 3.26. The minimum Gasteiger partial charge on any atom is -0.458 e. The zero-order valence-electron chi connectivity index (χ0n) is 11.4. The summed E-state index contributed by atoms with van der Waals surface area (Å²) in [6.07, 6.45) is 0. The van der Waals surface area contributed by atoms with E-state index < -0.39 is 0 Å². The summed E-state index contributed by atoms with van der Waals surface area (Å²) in [7, 11) is 0. The van der Waals surface area contributed by atoms with Crippen LogP contribution in [-0.4, -0.2) is 24.6 Å². The average Bonchev–Trinajstić information content (AvgIpc) is 3.05. The van der Waals surface area contributed by atoms with Crippen LogP contribution in [0.3, 0.4) is 0 Å². The maximum Gasteiger partial charge on any atom is 0.201 e. The van der Waals surface area contributed by atoms with Crippen LogP contribution in [0.25, 0.3) is 28.3 Å². The van der Waals surface area contributed by atoms with Gasteiger partial charge in [-0.25, -0.2) is 9.97 Å². The van der Waals surface area contributed by atoms with Gasteiger partial charge in [-0.05, 0) is 39.0 Å². The van der Waals surface area contributed by atoms with Crippen LogP contribution >= 0.6 is 0 Å². The summed E-state index contributed by atoms with van der Waals surface area (Å²) < 4.78 is 7.42. The zero-order valence-corrected chi connectivity index (χ0v) is 11.4. The molecule has 0 aliphatic heterocycles. The molecular formula is C14H13N5O. The second kappa shape index (κ2) is 3.69. The molecule has 100 valence electrons. The van der Waals surface area contributed by atoms with Crippen LogP contribution in [0.5, 0.6) is 0 Å². The van der Waals surface area contributed by atoms with Gasteiger partial charge in [0.2, 0.25) is 5.82 Å². The van der Waals surface area contributed by atoms with Crippen LogP contribution in [0.1, 0.15) is 17.3 Å². The van der Waals surface area contributed by atoms with Gasteiger partial charge in [-0.15, -0.1) is 5.10 Å². The Hall–Kier alpha value is -2.63. The highest BCUT2D eigenvalue weighted by Crippen LogP contribution is 2.26. The van der Waals surface area contributed by atoms with Crippen molar-refractivity contribution in [1.29, 1.82) is 0 Å². The Morgan fingerprint density at radius 3 is 2.75 bits per heavy atom. The Balaban J connectivity index is 2.17. The van der Waals surface area contributed by atoms with Crippen molar-refractivity contribution in [3.63, 3.8) is 0 Å². The van der Waals surface area contributed by atoms with E-state index in [0.29, 0.717) is 17.4 Å². The van der Waals surface area contributed by atoms with Crippen molar-refractivity contribution < 1.29 is 4.42 Å². The predicted molar refractivity (Wildman–Crippen MR) is 74.6 cm³/mol. The minimum atomic E-state index is 0.656. The van der Waals surface area contributed by atoms with Gasteiger partial charge >= 0.3 is 0 Å². The number of fused-ring (bicyclic) bond motifs is 3. The number of rotatable bonds is 1. The van der Waals surface area contributed by atoms with E-state index in [9.17, 15) is 0 Å². The van der Waals surface area contributed by atoms with Gasteiger partial charge in [-0.2, -0.15) is 4.52 Å². The van der Waals surface area contributed by atoms with E-state index in [4.69, 9.17) is 4.42 Å². The lowest BCUT2D eigenvalue weighted by Gasteiger charge is -2.01. The average molecular weight is 267 g/mol. The fourth-order valence-electron chi connectivity index (χ4n) is 2.44. The molecule has 0 saturated carbocycles. The van der Waals surface area contributed by atoms with Crippen molar-refractivity contribution in [3.05, 3.63) is 35.5 Å². The number of aromatic nitrogens is 5. The summed E-state index contributed by atoms with van der Waals surface area (Å²) in [5, 5.41) is 5.40. The maximum absolute atomic E-state index is 5.68. The number of nitrogens with zero attached hydrogens (tertiary/aromatic N) is 4. The summed E-state index contributed by atoms with van der Waals surface area (Å²) in [6, 6.07) is 5.84. The van der Waals surface area contributed by atoms with Crippen molar-refractivity contribution in [1.82, 2.24) is 24.6 Å². The topological polar surface area (TPSA) is 72.0 Å². The van der Waals surface area contributed by atoms with Crippen molar-refractivity contribution >= 4 is 16.7 Å². The standard InChI is InChI=1S/C14H13N5O/c1-7-6-10-12(15-7)17-14(11-5-4-8(2)20-11)19-13(10)16-9(3)18-19/h4-6,15H,1-3H3. The molecule has 0 spiro atoms. The van der Waals surface area contributed by atoms with Gasteiger partial charge in [0.05, 0.1) is 5.39 Å². The lowest BCUT2D eigenvalue weighted by atomic mass is 10.3. The first-order valence-corrected chi connectivity index (χ1v) is 6.41. The number of aryl methyl sites for hydroxylation is 3. The molecule has 0 saturated heterocycles. The molecule has 0 bridgehead atoms. The molecule has 0 unspecified atom stereocenters. The SMILES string of the molecule is Cc1nc2c3cc(C)[nH]c3nc(-c3ccc(C)o3)n2n1. The number of hydrogen-bond donors (Lipinski definition) is 1. The molecule has 4 aromatic heterocycles. The molecule has 0 aliphatic carbocycles. The van der Waals surface area contributed by atoms with E-state index in [-0.39, 0.29) is 0 Å². The molecular weight excluding hydrogens is 254 g/mol. The molecule has 4 heterocycles. The van der Waals surface area contributed by atoms with Crippen LogP contribution < -0.4 is 0 Å². The zero-order chi connectivity index (χ0) is 13.9. The van der Waals surface area contributed by atoms with E-state index in [1.54, 1.807) is 4.52 Å². The van der Waals surface area contributed by atoms with Crippen molar-refractivity contribution in [2.24, 2.45) is 0 Å². The van der Waals surface area contributed by atoms with E-state index in [1.807, 2.05) is 39.0 Å². The van der Waals surface area contributed by atoms with Crippen LogP contribution in [-0.2, 0) is 0 Å². The van der Waals surface area contributed by atoms with Crippen LogP contribution in [0, 0.1) is 20.8 Å². The van der Waals surface area contributed by atoms with Crippen LogP contribution in [0.4, 0.5) is 0 Å². The van der Waals surface area contributed by atoms with Crippen molar-refractivity contribution in [2.75, 3.05) is 0 Å². The largest absolute Gasteiger partial charge is 0.458 e. The number of aromatic amines is 1. The molecule has 0 aromatic carbocycles. The van der Waals surface area contributed by atoms with Crippen LogP contribution in [0.2, 0.25) is 0 Å². The number of H-pyrrole nitrogens is 1. The van der Waals surface area contributed by atoms with Gasteiger partial charge in [0.1, 0.15) is 17.2 Å². The first kappa shape index (κ1) is 11.2. The van der Waals surface area contributed by atoms with Gasteiger partial charge in [0.15, 0.2) is 11.4 Å². The third-order valence-corrected chi connectivity index (χ3v) is 3.26. The van der Waals surface area contributed by atoms with E-state index in [2.05, 4.69) is 20.1 Å². The molecule has 0 amide bonds. The van der Waals surface area contributed by atoms with E-state index in [1.165, 1.54) is 0 Å². The Labute approximate surface area is 114 Å². The normalized spacial score (nSPS) is 11.8. The second-order valence-electron chi connectivity index (χ2n) is 4.95. The highest BCUT2D eigenvalue weighted by atomic mass is 16.3. The van der Waals surface area contributed by atoms with Gasteiger partial charge in [0, 0.05) is 5.69 Å². The van der Waals surface area contributed by atoms with Gasteiger partial charge in [0.25, 0.3) is 0 Å². The lowest BCUT2D eigenvalue weighted by molar-refractivity contribution is 0.542. The molecule has 20 heavy (non-hydrogen) atoms. The Kier molecular flexibility index (Phi) is 2.07. The number of furan rings is 1.